The van der Waals surface area contributed by atoms with E-state index in [1.165, 1.54) is 36.4 Å². The molecule has 2 heterocycles. The van der Waals surface area contributed by atoms with Crippen LogP contribution < -0.4 is 5.32 Å². The highest BCUT2D eigenvalue weighted by atomic mass is 32.2. The summed E-state index contributed by atoms with van der Waals surface area (Å²) in [5, 5.41) is 2.66. The highest BCUT2D eigenvalue weighted by Crippen LogP contribution is 2.19. The van der Waals surface area contributed by atoms with Crippen molar-refractivity contribution in [1.29, 1.82) is 0 Å². The van der Waals surface area contributed by atoms with Gasteiger partial charge in [0.2, 0.25) is 0 Å². The van der Waals surface area contributed by atoms with E-state index in [-0.39, 0.29) is 17.2 Å². The molecule has 1 amide bonds. The second kappa shape index (κ2) is 9.25. The molecule has 0 radical (unpaired) electrons. The predicted octanol–water partition coefficient (Wildman–Crippen LogP) is 2.63. The lowest BCUT2D eigenvalue weighted by Crippen LogP contribution is -2.20. The Morgan fingerprint density at radius 3 is 2.48 bits per heavy atom. The Kier molecular flexibility index (Phi) is 6.69. The fraction of sp³-hybridized carbons (Fsp3) is 0.333. The summed E-state index contributed by atoms with van der Waals surface area (Å²) in [4.78, 5) is 30.4. The summed E-state index contributed by atoms with van der Waals surface area (Å²) in [5.41, 5.74) is 1.20. The molecule has 0 spiro atoms. The van der Waals surface area contributed by atoms with Crippen molar-refractivity contribution >= 4 is 33.4 Å². The zero-order chi connectivity index (χ0) is 22.6. The van der Waals surface area contributed by atoms with Crippen molar-refractivity contribution < 1.29 is 22.7 Å². The molecule has 1 N–H and O–H groups in total. The number of amidine groups is 1. The molecular weight excluding hydrogens is 420 g/mol. The van der Waals surface area contributed by atoms with Gasteiger partial charge in [-0.05, 0) is 56.7 Å². The number of nitrogens with one attached hydrogen (secondary N) is 1. The van der Waals surface area contributed by atoms with Gasteiger partial charge in [-0.1, -0.05) is 0 Å². The number of pyridine rings is 1. The topological polar surface area (TPSA) is 118 Å². The molecule has 164 valence electrons. The summed E-state index contributed by atoms with van der Waals surface area (Å²) >= 11 is 0. The Labute approximate surface area is 181 Å². The van der Waals surface area contributed by atoms with E-state index in [9.17, 15) is 18.0 Å². The number of hydrogen-bond donors (Lipinski definition) is 1. The lowest BCUT2D eigenvalue weighted by molar-refractivity contribution is 0.0524. The van der Waals surface area contributed by atoms with Crippen molar-refractivity contribution in [3.63, 3.8) is 0 Å². The van der Waals surface area contributed by atoms with E-state index in [1.54, 1.807) is 13.8 Å². The fourth-order valence-electron chi connectivity index (χ4n) is 3.12. The number of carbonyl (C=O) groups is 2. The van der Waals surface area contributed by atoms with Crippen molar-refractivity contribution in [2.75, 3.05) is 25.5 Å². The average molecular weight is 445 g/mol. The molecule has 1 aliphatic rings. The first kappa shape index (κ1) is 22.4. The number of amides is 1. The predicted molar refractivity (Wildman–Crippen MR) is 116 cm³/mol. The maximum atomic E-state index is 12.5. The first-order chi connectivity index (χ1) is 14.7. The Morgan fingerprint density at radius 1 is 1.19 bits per heavy atom. The van der Waals surface area contributed by atoms with Crippen LogP contribution in [0.2, 0.25) is 0 Å². The zero-order valence-electron chi connectivity index (χ0n) is 17.6. The van der Waals surface area contributed by atoms with Crippen LogP contribution in [0.3, 0.4) is 0 Å². The summed E-state index contributed by atoms with van der Waals surface area (Å²) in [5.74, 6) is -0.435. The number of benzene rings is 1. The van der Waals surface area contributed by atoms with Gasteiger partial charge in [0.25, 0.3) is 15.9 Å². The van der Waals surface area contributed by atoms with Gasteiger partial charge in [-0.2, -0.15) is 8.42 Å². The normalized spacial score (nSPS) is 15.2. The maximum Gasteiger partial charge on any atom is 0.339 e. The van der Waals surface area contributed by atoms with E-state index in [0.29, 0.717) is 29.2 Å². The van der Waals surface area contributed by atoms with Gasteiger partial charge in [0.1, 0.15) is 11.5 Å². The summed E-state index contributed by atoms with van der Waals surface area (Å²) in [6.07, 6.45) is 1.51. The van der Waals surface area contributed by atoms with Gasteiger partial charge < -0.3 is 15.0 Å². The number of aryl methyl sites for hydroxylation is 1. The van der Waals surface area contributed by atoms with Crippen molar-refractivity contribution in [2.45, 2.75) is 31.6 Å². The van der Waals surface area contributed by atoms with Gasteiger partial charge >= 0.3 is 5.97 Å². The number of ether oxygens (including phenoxy) is 1. The van der Waals surface area contributed by atoms with Crippen LogP contribution in [-0.4, -0.2) is 56.2 Å². The van der Waals surface area contributed by atoms with Crippen LogP contribution in [0, 0.1) is 6.92 Å². The molecule has 0 aliphatic carbocycles. The number of nitrogens with zero attached hydrogens (tertiary/aromatic N) is 3. The van der Waals surface area contributed by atoms with E-state index in [4.69, 9.17) is 4.74 Å². The summed E-state index contributed by atoms with van der Waals surface area (Å²) < 4.78 is 33.9. The van der Waals surface area contributed by atoms with E-state index >= 15 is 0 Å². The molecule has 1 aromatic heterocycles. The number of esters is 1. The third-order valence-electron chi connectivity index (χ3n) is 4.78. The number of sulfonamides is 1. The second-order valence-corrected chi connectivity index (χ2v) is 8.64. The van der Waals surface area contributed by atoms with Crippen LogP contribution in [0.1, 0.15) is 46.3 Å². The summed E-state index contributed by atoms with van der Waals surface area (Å²) in [7, 11) is -2.01. The van der Waals surface area contributed by atoms with Crippen LogP contribution in [0.5, 0.6) is 0 Å². The molecule has 0 unspecified atom stereocenters. The minimum atomic E-state index is -3.82. The third kappa shape index (κ3) is 5.26. The van der Waals surface area contributed by atoms with Crippen LogP contribution in [0.25, 0.3) is 0 Å². The quantitative estimate of drug-likeness (QED) is 0.681. The molecule has 3 rings (SSSR count). The lowest BCUT2D eigenvalue weighted by Gasteiger charge is -2.11. The van der Waals surface area contributed by atoms with Crippen LogP contribution in [-0.2, 0) is 14.8 Å². The maximum absolute atomic E-state index is 12.5. The molecule has 0 saturated carbocycles. The smallest absolute Gasteiger partial charge is 0.339 e. The number of anilines is 1. The molecule has 1 aromatic carbocycles. The largest absolute Gasteiger partial charge is 0.462 e. The molecule has 9 nitrogen and oxygen atoms in total. The standard InChI is InChI=1S/C21H24N4O5S/c1-4-30-21(27)17-11-12-18(22-14(17)2)20(26)23-15-7-9-16(10-8-15)31(28,29)24-19-6-5-13-25(19)3/h7-12H,4-6,13H2,1-3H3,(H,23,26)/b24-19-. The Morgan fingerprint density at radius 2 is 1.90 bits per heavy atom. The number of aromatic nitrogens is 1. The minimum absolute atomic E-state index is 0.0473. The van der Waals surface area contributed by atoms with Crippen LogP contribution >= 0.6 is 0 Å². The highest BCUT2D eigenvalue weighted by molar-refractivity contribution is 7.90. The van der Waals surface area contributed by atoms with Gasteiger partial charge in [-0.3, -0.25) is 4.79 Å². The molecule has 1 fully saturated rings. The number of likely N-dealkylation sites (tertiary alicyclic amines) is 1. The molecule has 1 saturated heterocycles. The average Bonchev–Trinajstić information content (AvgIpc) is 3.12. The van der Waals surface area contributed by atoms with Crippen molar-refractivity contribution in [3.8, 4) is 0 Å². The minimum Gasteiger partial charge on any atom is -0.462 e. The van der Waals surface area contributed by atoms with Gasteiger partial charge in [0.05, 0.1) is 22.8 Å². The highest BCUT2D eigenvalue weighted by Gasteiger charge is 2.20. The van der Waals surface area contributed by atoms with E-state index in [2.05, 4.69) is 14.7 Å². The van der Waals surface area contributed by atoms with Gasteiger partial charge in [0, 0.05) is 25.7 Å². The fourth-order valence-corrected chi connectivity index (χ4v) is 4.21. The van der Waals surface area contributed by atoms with E-state index in [1.807, 2.05) is 11.9 Å². The number of rotatable bonds is 6. The summed E-state index contributed by atoms with van der Waals surface area (Å²) in [6.45, 7) is 4.36. The number of hydrogen-bond acceptors (Lipinski definition) is 6. The van der Waals surface area contributed by atoms with Gasteiger partial charge in [0.15, 0.2) is 0 Å². The third-order valence-corrected chi connectivity index (χ3v) is 6.10. The Hall–Kier alpha value is -3.27. The first-order valence-electron chi connectivity index (χ1n) is 9.82. The zero-order valence-corrected chi connectivity index (χ0v) is 18.4. The SMILES string of the molecule is CCOC(=O)c1ccc(C(=O)Nc2ccc(S(=O)(=O)/N=C3/CCCN3C)cc2)nc1C. The van der Waals surface area contributed by atoms with Gasteiger partial charge in [-0.15, -0.1) is 4.40 Å². The van der Waals surface area contributed by atoms with Crippen LogP contribution in [0.4, 0.5) is 5.69 Å². The van der Waals surface area contributed by atoms with E-state index < -0.39 is 21.9 Å². The molecule has 0 atom stereocenters. The van der Waals surface area contributed by atoms with Crippen molar-refractivity contribution in [2.24, 2.45) is 4.40 Å². The monoisotopic (exact) mass is 444 g/mol. The molecule has 10 heteroatoms. The molecule has 0 bridgehead atoms. The molecule has 1 aliphatic heterocycles. The second-order valence-electron chi connectivity index (χ2n) is 7.04. The van der Waals surface area contributed by atoms with Crippen molar-refractivity contribution in [3.05, 3.63) is 53.3 Å². The van der Waals surface area contributed by atoms with Crippen LogP contribution in [0.15, 0.2) is 45.7 Å². The molecular formula is C21H24N4O5S. The lowest BCUT2D eigenvalue weighted by atomic mass is 10.2. The Balaban J connectivity index is 1.72. The number of carbonyl (C=O) groups excluding carboxylic acids is 2. The molecule has 31 heavy (non-hydrogen) atoms. The first-order valence-corrected chi connectivity index (χ1v) is 11.3. The summed E-state index contributed by atoms with van der Waals surface area (Å²) in [6, 6.07) is 8.69. The molecule has 2 aromatic rings. The van der Waals surface area contributed by atoms with Gasteiger partial charge in [-0.25, -0.2) is 9.78 Å². The van der Waals surface area contributed by atoms with E-state index in [0.717, 1.165) is 13.0 Å². The van der Waals surface area contributed by atoms with Crippen molar-refractivity contribution in [1.82, 2.24) is 9.88 Å². The Bertz CT molecular complexity index is 1130.